The molecule has 0 N–H and O–H groups in total. The van der Waals surface area contributed by atoms with Crippen LogP contribution >= 0.6 is 0 Å². The third-order valence-electron chi connectivity index (χ3n) is 7.85. The van der Waals surface area contributed by atoms with E-state index in [0.29, 0.717) is 6.42 Å². The van der Waals surface area contributed by atoms with Gasteiger partial charge in [-0.05, 0) is 108 Å². The fourth-order valence-corrected chi connectivity index (χ4v) is 6.08. The first-order chi connectivity index (χ1) is 20.0. The number of ketones is 1. The SMILES string of the molecule is CC(C)Oc1ccc(-c2cn(-c3ccc(C[C@@H](C#N)CC(=O)[C@@H]4[C@H]5CC[C@H](C5)N4C(=O)OC(C)(C)C)cc3)nn2)cc1. The van der Waals surface area contributed by atoms with Gasteiger partial charge in [0.2, 0.25) is 0 Å². The van der Waals surface area contributed by atoms with Gasteiger partial charge in [0, 0.05) is 18.0 Å². The van der Waals surface area contributed by atoms with Gasteiger partial charge in [0.15, 0.2) is 5.78 Å². The molecular weight excluding hydrogens is 530 g/mol. The Balaban J connectivity index is 1.21. The second kappa shape index (κ2) is 12.0. The monoisotopic (exact) mass is 569 g/mol. The Kier molecular flexibility index (Phi) is 8.35. The van der Waals surface area contributed by atoms with E-state index in [1.54, 1.807) is 9.58 Å². The summed E-state index contributed by atoms with van der Waals surface area (Å²) < 4.78 is 13.1. The molecule has 1 aliphatic heterocycles. The van der Waals surface area contributed by atoms with E-state index in [0.717, 1.165) is 47.5 Å². The van der Waals surface area contributed by atoms with E-state index >= 15 is 0 Å². The molecule has 0 unspecified atom stereocenters. The summed E-state index contributed by atoms with van der Waals surface area (Å²) in [5.41, 5.74) is 2.86. The van der Waals surface area contributed by atoms with Crippen LogP contribution in [0.3, 0.4) is 0 Å². The number of hydrogen-bond acceptors (Lipinski definition) is 7. The Bertz CT molecular complexity index is 1450. The van der Waals surface area contributed by atoms with Crippen molar-refractivity contribution in [2.24, 2.45) is 11.8 Å². The van der Waals surface area contributed by atoms with Crippen molar-refractivity contribution >= 4 is 11.9 Å². The van der Waals surface area contributed by atoms with Crippen molar-refractivity contribution in [3.05, 3.63) is 60.3 Å². The molecule has 4 atom stereocenters. The van der Waals surface area contributed by atoms with Gasteiger partial charge in [0.05, 0.1) is 36.0 Å². The predicted octanol–water partition coefficient (Wildman–Crippen LogP) is 6.15. The van der Waals surface area contributed by atoms with Crippen LogP contribution in [-0.4, -0.2) is 55.6 Å². The molecule has 3 aromatic rings. The number of Topliss-reactive ketones (excluding diaryl/α,β-unsaturated/α-hetero) is 1. The first kappa shape index (κ1) is 29.3. The van der Waals surface area contributed by atoms with E-state index in [-0.39, 0.29) is 30.3 Å². The number of aromatic nitrogens is 3. The number of hydrogen-bond donors (Lipinski definition) is 0. The molecule has 5 rings (SSSR count). The van der Waals surface area contributed by atoms with Crippen molar-refractivity contribution in [2.45, 2.75) is 90.5 Å². The second-order valence-electron chi connectivity index (χ2n) is 12.7. The number of ether oxygens (including phenoxy) is 2. The van der Waals surface area contributed by atoms with Gasteiger partial charge < -0.3 is 9.47 Å². The van der Waals surface area contributed by atoms with Crippen molar-refractivity contribution < 1.29 is 19.1 Å². The Morgan fingerprint density at radius 3 is 2.43 bits per heavy atom. The van der Waals surface area contributed by atoms with Crippen LogP contribution in [0, 0.1) is 23.2 Å². The molecule has 42 heavy (non-hydrogen) atoms. The molecule has 2 fully saturated rings. The third kappa shape index (κ3) is 6.64. The van der Waals surface area contributed by atoms with E-state index in [1.807, 2.05) is 89.3 Å². The topological polar surface area (TPSA) is 110 Å². The van der Waals surface area contributed by atoms with Gasteiger partial charge in [-0.15, -0.1) is 5.10 Å². The van der Waals surface area contributed by atoms with Crippen molar-refractivity contribution in [1.82, 2.24) is 19.9 Å². The van der Waals surface area contributed by atoms with Crippen LogP contribution in [0.25, 0.3) is 16.9 Å². The molecule has 1 amide bonds. The Labute approximate surface area is 247 Å². The number of benzene rings is 2. The number of nitriles is 1. The van der Waals surface area contributed by atoms with Crippen LogP contribution in [0.15, 0.2) is 54.7 Å². The Morgan fingerprint density at radius 1 is 1.07 bits per heavy atom. The number of likely N-dealkylation sites (tertiary alicyclic amines) is 1. The highest BCUT2D eigenvalue weighted by molar-refractivity contribution is 5.89. The minimum absolute atomic E-state index is 0.0439. The molecule has 2 bridgehead atoms. The van der Waals surface area contributed by atoms with Gasteiger partial charge in [0.1, 0.15) is 17.0 Å². The summed E-state index contributed by atoms with van der Waals surface area (Å²) in [5, 5.41) is 18.5. The molecule has 0 radical (unpaired) electrons. The molecule has 2 aliphatic rings. The van der Waals surface area contributed by atoms with Crippen LogP contribution in [0.1, 0.15) is 65.9 Å². The zero-order valence-corrected chi connectivity index (χ0v) is 25.0. The van der Waals surface area contributed by atoms with E-state index in [4.69, 9.17) is 9.47 Å². The molecular formula is C33H39N5O4. The summed E-state index contributed by atoms with van der Waals surface area (Å²) in [6, 6.07) is 17.4. The van der Waals surface area contributed by atoms with Crippen LogP contribution in [0.2, 0.25) is 0 Å². The highest BCUT2D eigenvalue weighted by Gasteiger charge is 2.52. The van der Waals surface area contributed by atoms with E-state index < -0.39 is 23.7 Å². The summed E-state index contributed by atoms with van der Waals surface area (Å²) >= 11 is 0. The lowest BCUT2D eigenvalue weighted by Crippen LogP contribution is -2.51. The molecule has 1 saturated heterocycles. The van der Waals surface area contributed by atoms with Gasteiger partial charge >= 0.3 is 6.09 Å². The minimum atomic E-state index is -0.629. The number of fused-ring (bicyclic) bond motifs is 2. The Morgan fingerprint density at radius 2 is 1.79 bits per heavy atom. The Hall–Kier alpha value is -4.19. The second-order valence-corrected chi connectivity index (χ2v) is 12.7. The third-order valence-corrected chi connectivity index (χ3v) is 7.85. The molecule has 1 saturated carbocycles. The van der Waals surface area contributed by atoms with Gasteiger partial charge in [0.25, 0.3) is 0 Å². The van der Waals surface area contributed by atoms with Crippen LogP contribution in [-0.2, 0) is 16.0 Å². The highest BCUT2D eigenvalue weighted by Crippen LogP contribution is 2.44. The van der Waals surface area contributed by atoms with Gasteiger partial charge in [-0.1, -0.05) is 17.3 Å². The molecule has 0 spiro atoms. The lowest BCUT2D eigenvalue weighted by atomic mass is 9.88. The van der Waals surface area contributed by atoms with E-state index in [1.165, 1.54) is 0 Å². The summed E-state index contributed by atoms with van der Waals surface area (Å²) in [6.07, 6.45) is 4.77. The van der Waals surface area contributed by atoms with Gasteiger partial charge in [-0.2, -0.15) is 5.26 Å². The summed E-state index contributed by atoms with van der Waals surface area (Å²) in [6.45, 7) is 9.47. The smallest absolute Gasteiger partial charge is 0.411 e. The fraction of sp³-hybridized carbons (Fsp3) is 0.485. The van der Waals surface area contributed by atoms with E-state index in [9.17, 15) is 14.9 Å². The average molecular weight is 570 g/mol. The minimum Gasteiger partial charge on any atom is -0.491 e. The summed E-state index contributed by atoms with van der Waals surface area (Å²) in [7, 11) is 0. The van der Waals surface area contributed by atoms with Crippen molar-refractivity contribution in [3.8, 4) is 28.8 Å². The number of carbonyl (C=O) groups is 2. The fourth-order valence-electron chi connectivity index (χ4n) is 6.08. The normalized spacial score (nSPS) is 20.4. The standard InChI is InChI=1S/C33H39N5O4/c1-21(2)41-28-14-9-24(10-15-28)29-20-37(36-35-29)26-11-6-22(7-12-26)16-23(19-34)17-30(39)31-25-8-13-27(18-25)38(31)32(40)42-33(3,4)5/h6-7,9-12,14-15,20-21,23,25,27,31H,8,13,16-18H2,1-5H3/t23-,25+,27-,31+/m1/s1. The molecule has 2 heterocycles. The number of rotatable bonds is 9. The summed E-state index contributed by atoms with van der Waals surface area (Å²) in [4.78, 5) is 28.1. The maximum atomic E-state index is 13.5. The van der Waals surface area contributed by atoms with Gasteiger partial charge in [-0.25, -0.2) is 9.48 Å². The van der Waals surface area contributed by atoms with Gasteiger partial charge in [-0.3, -0.25) is 9.69 Å². The lowest BCUT2D eigenvalue weighted by molar-refractivity contribution is -0.126. The quantitative estimate of drug-likeness (QED) is 0.304. The largest absolute Gasteiger partial charge is 0.491 e. The number of nitrogens with zero attached hydrogens (tertiary/aromatic N) is 5. The van der Waals surface area contributed by atoms with Crippen molar-refractivity contribution in [1.29, 1.82) is 5.26 Å². The number of amides is 1. The van der Waals surface area contributed by atoms with E-state index in [2.05, 4.69) is 16.4 Å². The lowest BCUT2D eigenvalue weighted by Gasteiger charge is -2.35. The van der Waals surface area contributed by atoms with Crippen LogP contribution in [0.4, 0.5) is 4.79 Å². The maximum Gasteiger partial charge on any atom is 0.411 e. The first-order valence-electron chi connectivity index (χ1n) is 14.7. The zero-order valence-electron chi connectivity index (χ0n) is 25.0. The van der Waals surface area contributed by atoms with Crippen molar-refractivity contribution in [3.63, 3.8) is 0 Å². The number of carbonyl (C=O) groups excluding carboxylic acids is 2. The predicted molar refractivity (Wildman–Crippen MR) is 158 cm³/mol. The molecule has 220 valence electrons. The molecule has 2 aromatic carbocycles. The first-order valence-corrected chi connectivity index (χ1v) is 14.7. The molecule has 9 nitrogen and oxygen atoms in total. The highest BCUT2D eigenvalue weighted by atomic mass is 16.6. The van der Waals surface area contributed by atoms with Crippen LogP contribution < -0.4 is 4.74 Å². The van der Waals surface area contributed by atoms with Crippen LogP contribution in [0.5, 0.6) is 5.75 Å². The van der Waals surface area contributed by atoms with Crippen molar-refractivity contribution in [2.75, 3.05) is 0 Å². The average Bonchev–Trinajstić information content (AvgIpc) is 3.69. The molecule has 9 heteroatoms. The number of piperidine rings is 1. The zero-order chi connectivity index (χ0) is 30.0. The summed E-state index contributed by atoms with van der Waals surface area (Å²) in [5.74, 6) is 0.427. The maximum absolute atomic E-state index is 13.5. The molecule has 1 aliphatic carbocycles. The molecule has 1 aromatic heterocycles.